The Morgan fingerprint density at radius 3 is 2.23 bits per heavy atom. The second-order valence-corrected chi connectivity index (χ2v) is 6.70. The molecule has 114 valence electrons. The summed E-state index contributed by atoms with van der Waals surface area (Å²) in [5.41, 5.74) is 3.84. The summed E-state index contributed by atoms with van der Waals surface area (Å²) in [4.78, 5) is 12.4. The van der Waals surface area contributed by atoms with E-state index in [2.05, 4.69) is 0 Å². The fourth-order valence-corrected chi connectivity index (χ4v) is 3.42. The summed E-state index contributed by atoms with van der Waals surface area (Å²) < 4.78 is 17.3. The van der Waals surface area contributed by atoms with Crippen LogP contribution in [-0.2, 0) is 4.57 Å². The van der Waals surface area contributed by atoms with Crippen LogP contribution >= 0.6 is 8.03 Å². The number of rotatable bonds is 6. The maximum absolute atomic E-state index is 12.4. The van der Waals surface area contributed by atoms with Gasteiger partial charge in [-0.1, -0.05) is 35.9 Å². The van der Waals surface area contributed by atoms with E-state index in [-0.39, 0.29) is 18.4 Å². The smallest absolute Gasteiger partial charge is 0.294 e. The van der Waals surface area contributed by atoms with E-state index in [1.807, 2.05) is 51.1 Å². The summed E-state index contributed by atoms with van der Waals surface area (Å²) >= 11 is 0. The first-order chi connectivity index (χ1) is 10.5. The molecule has 0 aliphatic rings. The van der Waals surface area contributed by atoms with E-state index < -0.39 is 8.03 Å². The molecule has 0 heterocycles. The lowest BCUT2D eigenvalue weighted by Crippen LogP contribution is -2.06. The largest absolute Gasteiger partial charge is 0.556 e. The third-order valence-electron chi connectivity index (χ3n) is 3.43. The Kier molecular flexibility index (Phi) is 5.46. The lowest BCUT2D eigenvalue weighted by atomic mass is 9.96. The highest BCUT2D eigenvalue weighted by atomic mass is 31.1. The molecule has 0 N–H and O–H groups in total. The molecule has 0 radical (unpaired) electrons. The molecule has 2 rings (SSSR count). The van der Waals surface area contributed by atoms with Gasteiger partial charge in [-0.15, -0.1) is 0 Å². The lowest BCUT2D eigenvalue weighted by molar-refractivity contribution is 0.0987. The minimum atomic E-state index is -1.88. The molecule has 3 nitrogen and oxygen atoms in total. The third kappa shape index (κ3) is 4.25. The summed E-state index contributed by atoms with van der Waals surface area (Å²) in [6.07, 6.45) is 0.461. The zero-order valence-corrected chi connectivity index (χ0v) is 14.0. The van der Waals surface area contributed by atoms with Crippen LogP contribution in [0.1, 0.15) is 33.5 Å². The van der Waals surface area contributed by atoms with Crippen LogP contribution in [-0.4, -0.2) is 11.9 Å². The SMILES string of the molecule is Cc1cc(C)c(C(=O)CC[P+](=O)Oc2ccccc2)c(C)c1. The van der Waals surface area contributed by atoms with Crippen LogP contribution in [0.25, 0.3) is 0 Å². The van der Waals surface area contributed by atoms with Crippen molar-refractivity contribution in [3.63, 3.8) is 0 Å². The fourth-order valence-electron chi connectivity index (χ4n) is 2.58. The van der Waals surface area contributed by atoms with Crippen molar-refractivity contribution in [2.24, 2.45) is 0 Å². The fraction of sp³-hybridized carbons (Fsp3) is 0.278. The molecular weight excluding hydrogens is 295 g/mol. The van der Waals surface area contributed by atoms with E-state index in [1.165, 1.54) is 0 Å². The van der Waals surface area contributed by atoms with Crippen LogP contribution < -0.4 is 4.52 Å². The van der Waals surface area contributed by atoms with Gasteiger partial charge in [0.1, 0.15) is 0 Å². The predicted molar refractivity (Wildman–Crippen MR) is 89.1 cm³/mol. The van der Waals surface area contributed by atoms with Gasteiger partial charge in [-0.05, 0) is 48.6 Å². The summed E-state index contributed by atoms with van der Waals surface area (Å²) in [5.74, 6) is 0.591. The second kappa shape index (κ2) is 7.33. The Labute approximate surface area is 132 Å². The van der Waals surface area contributed by atoms with Crippen molar-refractivity contribution in [2.45, 2.75) is 27.2 Å². The van der Waals surface area contributed by atoms with Crippen molar-refractivity contribution >= 4 is 13.8 Å². The van der Waals surface area contributed by atoms with Crippen molar-refractivity contribution < 1.29 is 13.9 Å². The Balaban J connectivity index is 1.97. The number of aryl methyl sites for hydroxylation is 3. The lowest BCUT2D eigenvalue weighted by Gasteiger charge is -2.08. The molecule has 4 heteroatoms. The third-order valence-corrected chi connectivity index (χ3v) is 4.43. The molecule has 0 aliphatic heterocycles. The van der Waals surface area contributed by atoms with Crippen LogP contribution in [0.3, 0.4) is 0 Å². The number of hydrogen-bond donors (Lipinski definition) is 0. The number of ketones is 1. The molecule has 1 unspecified atom stereocenters. The Morgan fingerprint density at radius 2 is 1.64 bits per heavy atom. The van der Waals surface area contributed by atoms with E-state index in [9.17, 15) is 9.36 Å². The van der Waals surface area contributed by atoms with Crippen molar-refractivity contribution in [1.82, 2.24) is 0 Å². The van der Waals surface area contributed by atoms with Crippen molar-refractivity contribution in [3.05, 3.63) is 64.7 Å². The van der Waals surface area contributed by atoms with Gasteiger partial charge in [0.25, 0.3) is 0 Å². The summed E-state index contributed by atoms with van der Waals surface area (Å²) in [6, 6.07) is 13.0. The molecular formula is C18H20O3P+. The van der Waals surface area contributed by atoms with Crippen molar-refractivity contribution in [1.29, 1.82) is 0 Å². The van der Waals surface area contributed by atoms with Gasteiger partial charge in [-0.25, -0.2) is 0 Å². The molecule has 22 heavy (non-hydrogen) atoms. The number of benzene rings is 2. The zero-order valence-electron chi connectivity index (χ0n) is 13.1. The molecule has 0 spiro atoms. The van der Waals surface area contributed by atoms with E-state index in [0.29, 0.717) is 5.75 Å². The average molecular weight is 315 g/mol. The standard InChI is InChI=1S/C18H20O3P/c1-13-11-14(2)18(15(3)12-13)17(19)9-10-22(20)21-16-7-5-4-6-8-16/h4-8,11-12H,9-10H2,1-3H3/q+1. The Bertz CT molecular complexity index is 670. The second-order valence-electron chi connectivity index (χ2n) is 5.41. The first-order valence-electron chi connectivity index (χ1n) is 7.26. The molecule has 2 aromatic carbocycles. The van der Waals surface area contributed by atoms with Crippen LogP contribution in [0, 0.1) is 20.8 Å². The highest BCUT2D eigenvalue weighted by Gasteiger charge is 2.23. The van der Waals surface area contributed by atoms with Gasteiger partial charge < -0.3 is 0 Å². The predicted octanol–water partition coefficient (Wildman–Crippen LogP) is 5.01. The van der Waals surface area contributed by atoms with Crippen LogP contribution in [0.15, 0.2) is 42.5 Å². The minimum absolute atomic E-state index is 0.0232. The minimum Gasteiger partial charge on any atom is -0.294 e. The highest BCUT2D eigenvalue weighted by molar-refractivity contribution is 7.39. The molecule has 0 saturated heterocycles. The molecule has 0 amide bonds. The van der Waals surface area contributed by atoms with E-state index >= 15 is 0 Å². The molecule has 0 saturated carbocycles. The van der Waals surface area contributed by atoms with Gasteiger partial charge in [0, 0.05) is 5.56 Å². The van der Waals surface area contributed by atoms with E-state index in [4.69, 9.17) is 4.52 Å². The maximum Gasteiger partial charge on any atom is 0.556 e. The molecule has 2 aromatic rings. The quantitative estimate of drug-likeness (QED) is 0.556. The van der Waals surface area contributed by atoms with Gasteiger partial charge in [0.15, 0.2) is 17.7 Å². The van der Waals surface area contributed by atoms with Gasteiger partial charge in [-0.2, -0.15) is 0 Å². The molecule has 0 aromatic heterocycles. The average Bonchev–Trinajstić information content (AvgIpc) is 2.45. The Morgan fingerprint density at radius 1 is 1.05 bits per heavy atom. The summed E-state index contributed by atoms with van der Waals surface area (Å²) in [7, 11) is -1.88. The van der Waals surface area contributed by atoms with Crippen LogP contribution in [0.2, 0.25) is 0 Å². The summed E-state index contributed by atoms with van der Waals surface area (Å²) in [5, 5.41) is 0. The van der Waals surface area contributed by atoms with Gasteiger partial charge in [0.05, 0.1) is 6.42 Å². The van der Waals surface area contributed by atoms with Crippen LogP contribution in [0.4, 0.5) is 0 Å². The van der Waals surface area contributed by atoms with Crippen LogP contribution in [0.5, 0.6) is 5.75 Å². The Hall–Kier alpha value is -1.99. The number of para-hydroxylation sites is 1. The number of Topliss-reactive ketones (excluding diaryl/α,β-unsaturated/α-hetero) is 1. The molecule has 0 fully saturated rings. The topological polar surface area (TPSA) is 43.4 Å². The molecule has 1 atom stereocenters. The maximum atomic E-state index is 12.4. The molecule has 0 bridgehead atoms. The number of hydrogen-bond acceptors (Lipinski definition) is 3. The number of carbonyl (C=O) groups excluding carboxylic acids is 1. The van der Waals surface area contributed by atoms with E-state index in [1.54, 1.807) is 12.1 Å². The first kappa shape index (κ1) is 16.4. The first-order valence-corrected chi connectivity index (χ1v) is 8.62. The van der Waals surface area contributed by atoms with Crippen molar-refractivity contribution in [2.75, 3.05) is 6.16 Å². The van der Waals surface area contributed by atoms with E-state index in [0.717, 1.165) is 22.3 Å². The van der Waals surface area contributed by atoms with Gasteiger partial charge in [0.2, 0.25) is 0 Å². The normalized spacial score (nSPS) is 11.1. The van der Waals surface area contributed by atoms with Gasteiger partial charge in [-0.3, -0.25) is 9.32 Å². The zero-order chi connectivity index (χ0) is 16.1. The van der Waals surface area contributed by atoms with Gasteiger partial charge >= 0.3 is 8.03 Å². The number of carbonyl (C=O) groups is 1. The van der Waals surface area contributed by atoms with Crippen molar-refractivity contribution in [3.8, 4) is 5.75 Å². The highest BCUT2D eigenvalue weighted by Crippen LogP contribution is 2.28. The molecule has 0 aliphatic carbocycles. The monoisotopic (exact) mass is 315 g/mol. The summed E-state index contributed by atoms with van der Waals surface area (Å²) in [6.45, 7) is 5.89.